The Morgan fingerprint density at radius 1 is 1.52 bits per heavy atom. The van der Waals surface area contributed by atoms with Crippen molar-refractivity contribution in [2.75, 3.05) is 5.32 Å². The zero-order valence-electron chi connectivity index (χ0n) is 14.9. The van der Waals surface area contributed by atoms with Crippen molar-refractivity contribution in [2.45, 2.75) is 39.2 Å². The third-order valence-electron chi connectivity index (χ3n) is 4.48. The van der Waals surface area contributed by atoms with Crippen molar-refractivity contribution < 1.29 is 14.3 Å². The van der Waals surface area contributed by atoms with E-state index in [1.807, 2.05) is 0 Å². The molecule has 0 saturated carbocycles. The highest BCUT2D eigenvalue weighted by molar-refractivity contribution is 7.16. The SMILES string of the molecule is CC1CCc2c(sc(NC(=O)C(C)OC(=O)c3ccnc(Cl)c3)c2C#N)C1. The molecule has 0 radical (unpaired) electrons. The molecule has 1 amide bonds. The zero-order valence-corrected chi connectivity index (χ0v) is 16.5. The molecule has 0 fully saturated rings. The summed E-state index contributed by atoms with van der Waals surface area (Å²) >= 11 is 7.19. The topological polar surface area (TPSA) is 92.1 Å². The van der Waals surface area contributed by atoms with Crippen molar-refractivity contribution >= 4 is 39.8 Å². The number of amides is 1. The highest BCUT2D eigenvalue weighted by Crippen LogP contribution is 2.39. The molecule has 1 aliphatic carbocycles. The molecule has 2 aromatic rings. The number of nitriles is 1. The Morgan fingerprint density at radius 2 is 2.30 bits per heavy atom. The number of ether oxygens (including phenoxy) is 1. The number of carbonyl (C=O) groups excluding carboxylic acids is 2. The summed E-state index contributed by atoms with van der Waals surface area (Å²) in [6.07, 6.45) is 3.17. The smallest absolute Gasteiger partial charge is 0.339 e. The van der Waals surface area contributed by atoms with Crippen LogP contribution in [-0.2, 0) is 22.4 Å². The number of rotatable bonds is 4. The van der Waals surface area contributed by atoms with E-state index < -0.39 is 18.0 Å². The molecule has 27 heavy (non-hydrogen) atoms. The van der Waals surface area contributed by atoms with Crippen LogP contribution < -0.4 is 5.32 Å². The lowest BCUT2D eigenvalue weighted by Crippen LogP contribution is -2.30. The minimum atomic E-state index is -1.02. The molecule has 1 aliphatic rings. The van der Waals surface area contributed by atoms with Gasteiger partial charge in [-0.1, -0.05) is 18.5 Å². The lowest BCUT2D eigenvalue weighted by Gasteiger charge is -2.17. The standard InChI is InChI=1S/C19H18ClN3O3S/c1-10-3-4-13-14(9-21)18(27-15(13)7-10)23-17(24)11(2)26-19(25)12-5-6-22-16(20)8-12/h5-6,8,10-11H,3-4,7H2,1-2H3,(H,23,24). The molecule has 0 aromatic carbocycles. The Hall–Kier alpha value is -2.43. The number of nitrogens with zero attached hydrogens (tertiary/aromatic N) is 2. The van der Waals surface area contributed by atoms with Crippen LogP contribution >= 0.6 is 22.9 Å². The number of carbonyl (C=O) groups is 2. The van der Waals surface area contributed by atoms with E-state index >= 15 is 0 Å². The first-order chi connectivity index (χ1) is 12.9. The highest BCUT2D eigenvalue weighted by atomic mass is 35.5. The first kappa shape index (κ1) is 19.3. The molecule has 1 N–H and O–H groups in total. The van der Waals surface area contributed by atoms with Crippen LogP contribution in [0.4, 0.5) is 5.00 Å². The van der Waals surface area contributed by atoms with E-state index in [-0.39, 0.29) is 10.7 Å². The van der Waals surface area contributed by atoms with Gasteiger partial charge >= 0.3 is 5.97 Å². The first-order valence-corrected chi connectivity index (χ1v) is 9.76. The van der Waals surface area contributed by atoms with E-state index in [4.69, 9.17) is 16.3 Å². The molecule has 6 nitrogen and oxygen atoms in total. The molecule has 140 valence electrons. The number of nitrogens with one attached hydrogen (secondary N) is 1. The Kier molecular flexibility index (Phi) is 5.78. The molecule has 2 atom stereocenters. The number of hydrogen-bond acceptors (Lipinski definition) is 6. The van der Waals surface area contributed by atoms with E-state index in [1.54, 1.807) is 0 Å². The zero-order chi connectivity index (χ0) is 19.6. The number of aromatic nitrogens is 1. The van der Waals surface area contributed by atoms with Crippen LogP contribution in [0, 0.1) is 17.2 Å². The Morgan fingerprint density at radius 3 is 3.00 bits per heavy atom. The summed E-state index contributed by atoms with van der Waals surface area (Å²) < 4.78 is 5.20. The van der Waals surface area contributed by atoms with E-state index in [0.717, 1.165) is 29.7 Å². The highest BCUT2D eigenvalue weighted by Gasteiger charge is 2.26. The van der Waals surface area contributed by atoms with Gasteiger partial charge in [-0.05, 0) is 49.8 Å². The quantitative estimate of drug-likeness (QED) is 0.615. The number of hydrogen-bond donors (Lipinski definition) is 1. The predicted molar refractivity (Wildman–Crippen MR) is 103 cm³/mol. The Labute approximate surface area is 166 Å². The van der Waals surface area contributed by atoms with E-state index in [2.05, 4.69) is 23.3 Å². The summed E-state index contributed by atoms with van der Waals surface area (Å²) in [4.78, 5) is 29.6. The van der Waals surface area contributed by atoms with Crippen molar-refractivity contribution in [3.8, 4) is 6.07 Å². The maximum Gasteiger partial charge on any atom is 0.339 e. The third-order valence-corrected chi connectivity index (χ3v) is 5.85. The predicted octanol–water partition coefficient (Wildman–Crippen LogP) is 3.98. The summed E-state index contributed by atoms with van der Waals surface area (Å²) in [6, 6.07) is 5.03. The summed E-state index contributed by atoms with van der Waals surface area (Å²) in [5, 5.41) is 12.9. The molecule has 2 aromatic heterocycles. The number of halogens is 1. The van der Waals surface area contributed by atoms with Gasteiger partial charge in [0.25, 0.3) is 5.91 Å². The molecule has 2 heterocycles. The molecule has 0 aliphatic heterocycles. The fourth-order valence-electron chi connectivity index (χ4n) is 2.98. The Bertz CT molecular complexity index is 935. The second-order valence-corrected chi connectivity index (χ2v) is 8.06. The number of anilines is 1. The summed E-state index contributed by atoms with van der Waals surface area (Å²) in [5.74, 6) is -0.577. The number of pyridine rings is 1. The fourth-order valence-corrected chi connectivity index (χ4v) is 4.52. The van der Waals surface area contributed by atoms with Crippen molar-refractivity contribution in [1.82, 2.24) is 4.98 Å². The Balaban J connectivity index is 1.70. The van der Waals surface area contributed by atoms with Gasteiger partial charge in [0.1, 0.15) is 16.2 Å². The van der Waals surface area contributed by atoms with E-state index in [1.165, 1.54) is 36.6 Å². The van der Waals surface area contributed by atoms with Crippen molar-refractivity contribution in [3.05, 3.63) is 45.1 Å². The van der Waals surface area contributed by atoms with Crippen molar-refractivity contribution in [3.63, 3.8) is 0 Å². The second-order valence-electron chi connectivity index (χ2n) is 6.57. The van der Waals surface area contributed by atoms with Crippen LogP contribution in [0.1, 0.15) is 46.6 Å². The molecule has 0 spiro atoms. The van der Waals surface area contributed by atoms with Gasteiger partial charge in [0.2, 0.25) is 0 Å². The lowest BCUT2D eigenvalue weighted by molar-refractivity contribution is -0.123. The van der Waals surface area contributed by atoms with E-state index in [0.29, 0.717) is 16.5 Å². The van der Waals surface area contributed by atoms with Gasteiger partial charge in [-0.15, -0.1) is 11.3 Å². The van der Waals surface area contributed by atoms with E-state index in [9.17, 15) is 14.9 Å². The molecule has 0 bridgehead atoms. The number of thiophene rings is 1. The maximum atomic E-state index is 12.5. The van der Waals surface area contributed by atoms with Crippen LogP contribution in [-0.4, -0.2) is 23.0 Å². The van der Waals surface area contributed by atoms with Crippen molar-refractivity contribution in [1.29, 1.82) is 5.26 Å². The minimum Gasteiger partial charge on any atom is -0.449 e. The fraction of sp³-hybridized carbons (Fsp3) is 0.368. The van der Waals surface area contributed by atoms with Crippen LogP contribution in [0.2, 0.25) is 5.15 Å². The third kappa shape index (κ3) is 4.29. The minimum absolute atomic E-state index is 0.165. The monoisotopic (exact) mass is 403 g/mol. The van der Waals surface area contributed by atoms with Gasteiger partial charge in [0, 0.05) is 11.1 Å². The van der Waals surface area contributed by atoms with Crippen LogP contribution in [0.25, 0.3) is 0 Å². The van der Waals surface area contributed by atoms with Gasteiger partial charge in [-0.2, -0.15) is 5.26 Å². The normalized spacial score (nSPS) is 16.7. The van der Waals surface area contributed by atoms with Crippen molar-refractivity contribution in [2.24, 2.45) is 5.92 Å². The van der Waals surface area contributed by atoms with Crippen LogP contribution in [0.3, 0.4) is 0 Å². The molecule has 3 rings (SSSR count). The molecular weight excluding hydrogens is 386 g/mol. The van der Waals surface area contributed by atoms with Gasteiger partial charge in [0.15, 0.2) is 6.10 Å². The first-order valence-electron chi connectivity index (χ1n) is 8.57. The average Bonchev–Trinajstić information content (AvgIpc) is 2.97. The van der Waals surface area contributed by atoms with Gasteiger partial charge < -0.3 is 10.1 Å². The van der Waals surface area contributed by atoms with Gasteiger partial charge in [-0.3, -0.25) is 4.79 Å². The average molecular weight is 404 g/mol. The largest absolute Gasteiger partial charge is 0.449 e. The van der Waals surface area contributed by atoms with Gasteiger partial charge in [0.05, 0.1) is 11.1 Å². The molecular formula is C19H18ClN3O3S. The number of esters is 1. The van der Waals surface area contributed by atoms with Crippen LogP contribution in [0.15, 0.2) is 18.3 Å². The second kappa shape index (κ2) is 8.07. The number of fused-ring (bicyclic) bond motifs is 1. The molecule has 0 saturated heterocycles. The lowest BCUT2D eigenvalue weighted by atomic mass is 9.88. The summed E-state index contributed by atoms with van der Waals surface area (Å²) in [6.45, 7) is 3.66. The molecule has 2 unspecified atom stereocenters. The summed E-state index contributed by atoms with van der Waals surface area (Å²) in [7, 11) is 0. The van der Waals surface area contributed by atoms with Gasteiger partial charge in [-0.25, -0.2) is 9.78 Å². The maximum absolute atomic E-state index is 12.5. The summed E-state index contributed by atoms with van der Waals surface area (Å²) in [5.41, 5.74) is 1.77. The molecule has 8 heteroatoms. The van der Waals surface area contributed by atoms with Crippen LogP contribution in [0.5, 0.6) is 0 Å².